The minimum absolute atomic E-state index is 0.367. The summed E-state index contributed by atoms with van der Waals surface area (Å²) >= 11 is 0. The zero-order valence-electron chi connectivity index (χ0n) is 16.2. The van der Waals surface area contributed by atoms with Crippen LogP contribution in [0, 0.1) is 0 Å². The second-order valence-electron chi connectivity index (χ2n) is 8.48. The first-order valence-corrected chi connectivity index (χ1v) is 12.0. The lowest BCUT2D eigenvalue weighted by atomic mass is 9.95. The molecular formula is C23H28N2O2S. The van der Waals surface area contributed by atoms with Gasteiger partial charge in [0.2, 0.25) is 0 Å². The molecule has 2 unspecified atom stereocenters. The van der Waals surface area contributed by atoms with E-state index < -0.39 is 10.0 Å². The smallest absolute Gasteiger partial charge is 0.264 e. The highest BCUT2D eigenvalue weighted by molar-refractivity contribution is 7.92. The van der Waals surface area contributed by atoms with Crippen LogP contribution in [0.4, 0.5) is 5.69 Å². The van der Waals surface area contributed by atoms with Crippen molar-refractivity contribution in [3.63, 3.8) is 0 Å². The fraction of sp³-hybridized carbons (Fsp3) is 0.478. The maximum Gasteiger partial charge on any atom is 0.264 e. The first-order chi connectivity index (χ1) is 13.6. The van der Waals surface area contributed by atoms with Crippen LogP contribution in [-0.4, -0.2) is 27.0 Å². The van der Waals surface area contributed by atoms with Crippen molar-refractivity contribution >= 4 is 15.7 Å². The van der Waals surface area contributed by atoms with Gasteiger partial charge in [-0.1, -0.05) is 49.6 Å². The molecular weight excluding hydrogens is 368 g/mol. The number of hydrogen-bond acceptors (Lipinski definition) is 3. The van der Waals surface area contributed by atoms with E-state index in [1.807, 2.05) is 12.1 Å². The van der Waals surface area contributed by atoms with Gasteiger partial charge >= 0.3 is 0 Å². The third-order valence-corrected chi connectivity index (χ3v) is 8.39. The minimum Gasteiger partial charge on any atom is -0.311 e. The van der Waals surface area contributed by atoms with E-state index in [9.17, 15) is 8.42 Å². The molecule has 3 aliphatic rings. The summed E-state index contributed by atoms with van der Waals surface area (Å²) in [5.74, 6) is 0.590. The Bertz CT molecular complexity index is 952. The van der Waals surface area contributed by atoms with Gasteiger partial charge in [0, 0.05) is 24.5 Å². The van der Waals surface area contributed by atoms with Gasteiger partial charge in [0.25, 0.3) is 10.0 Å². The minimum atomic E-state index is -3.48. The Kier molecular flexibility index (Phi) is 4.68. The molecule has 2 aliphatic carbocycles. The van der Waals surface area contributed by atoms with Gasteiger partial charge < -0.3 is 5.32 Å². The van der Waals surface area contributed by atoms with E-state index in [0.717, 1.165) is 12.1 Å². The molecule has 2 saturated carbocycles. The lowest BCUT2D eigenvalue weighted by Crippen LogP contribution is -2.33. The van der Waals surface area contributed by atoms with Gasteiger partial charge in [-0.2, -0.15) is 0 Å². The fourth-order valence-electron chi connectivity index (χ4n) is 4.91. The summed E-state index contributed by atoms with van der Waals surface area (Å²) in [5.41, 5.74) is 3.39. The maximum absolute atomic E-state index is 13.0. The van der Waals surface area contributed by atoms with Crippen molar-refractivity contribution in [2.45, 2.75) is 67.8 Å². The predicted molar refractivity (Wildman–Crippen MR) is 112 cm³/mol. The zero-order valence-corrected chi connectivity index (χ0v) is 17.0. The maximum atomic E-state index is 13.0. The van der Waals surface area contributed by atoms with Gasteiger partial charge in [-0.25, -0.2) is 8.42 Å². The van der Waals surface area contributed by atoms with E-state index >= 15 is 0 Å². The summed E-state index contributed by atoms with van der Waals surface area (Å²) in [7, 11) is -3.48. The number of hydrogen-bond donors (Lipinski definition) is 1. The molecule has 0 saturated heterocycles. The van der Waals surface area contributed by atoms with Crippen LogP contribution in [0.1, 0.15) is 55.6 Å². The van der Waals surface area contributed by atoms with Crippen LogP contribution in [0.15, 0.2) is 53.4 Å². The molecule has 0 spiro atoms. The Labute approximate surface area is 168 Å². The van der Waals surface area contributed by atoms with Crippen LogP contribution in [0.2, 0.25) is 0 Å². The van der Waals surface area contributed by atoms with Crippen LogP contribution in [-0.2, 0) is 16.4 Å². The van der Waals surface area contributed by atoms with Crippen LogP contribution in [0.5, 0.6) is 0 Å². The second kappa shape index (κ2) is 7.20. The Morgan fingerprint density at radius 1 is 0.964 bits per heavy atom. The topological polar surface area (TPSA) is 49.4 Å². The summed E-state index contributed by atoms with van der Waals surface area (Å²) in [6.07, 6.45) is 8.75. The van der Waals surface area contributed by atoms with E-state index in [1.165, 1.54) is 49.7 Å². The number of benzene rings is 2. The highest BCUT2D eigenvalue weighted by atomic mass is 32.2. The first kappa shape index (κ1) is 18.2. The Morgan fingerprint density at radius 2 is 1.75 bits per heavy atom. The monoisotopic (exact) mass is 396 g/mol. The Morgan fingerprint density at radius 3 is 2.54 bits per heavy atom. The summed E-state index contributed by atoms with van der Waals surface area (Å²) in [4.78, 5) is 0.367. The van der Waals surface area contributed by atoms with Crippen LogP contribution in [0.25, 0.3) is 0 Å². The quantitative estimate of drug-likeness (QED) is 0.823. The standard InChI is InChI=1S/C23H28N2O2S/c26-28(27,20-9-5-2-6-10-20)25-14-13-18-15-17(11-12-23(18)25)21-16-22(21)24-19-7-3-1-4-8-19/h2,5-6,9-12,15,19,21-22,24H,1,3-4,7-8,13-14,16H2. The molecule has 0 bridgehead atoms. The summed E-state index contributed by atoms with van der Waals surface area (Å²) in [6.45, 7) is 0.532. The molecule has 5 rings (SSSR count). The molecule has 1 heterocycles. The van der Waals surface area contributed by atoms with E-state index in [1.54, 1.807) is 28.6 Å². The van der Waals surface area contributed by atoms with Crippen LogP contribution < -0.4 is 9.62 Å². The Balaban J connectivity index is 1.31. The van der Waals surface area contributed by atoms with Crippen molar-refractivity contribution in [2.75, 3.05) is 10.8 Å². The van der Waals surface area contributed by atoms with Gasteiger partial charge in [-0.15, -0.1) is 0 Å². The van der Waals surface area contributed by atoms with Gasteiger partial charge in [0.1, 0.15) is 0 Å². The van der Waals surface area contributed by atoms with Gasteiger partial charge in [-0.05, 0) is 55.0 Å². The molecule has 1 N–H and O–H groups in total. The highest BCUT2D eigenvalue weighted by Crippen LogP contribution is 2.44. The average Bonchev–Trinajstić information content (AvgIpc) is 3.35. The first-order valence-electron chi connectivity index (χ1n) is 10.6. The SMILES string of the molecule is O=S(=O)(c1ccccc1)N1CCc2cc(C3CC3NC3CCCCC3)ccc21. The molecule has 28 heavy (non-hydrogen) atoms. The second-order valence-corrected chi connectivity index (χ2v) is 10.3. The van der Waals surface area contributed by atoms with E-state index in [4.69, 9.17) is 0 Å². The number of nitrogens with zero attached hydrogens (tertiary/aromatic N) is 1. The molecule has 0 radical (unpaired) electrons. The van der Waals surface area contributed by atoms with E-state index in [2.05, 4.69) is 17.4 Å². The molecule has 0 amide bonds. The third-order valence-electron chi connectivity index (χ3n) is 6.56. The number of anilines is 1. The van der Waals surface area contributed by atoms with Crippen molar-refractivity contribution < 1.29 is 8.42 Å². The van der Waals surface area contributed by atoms with E-state index in [-0.39, 0.29) is 0 Å². The zero-order chi connectivity index (χ0) is 19.1. The Hall–Kier alpha value is -1.85. The van der Waals surface area contributed by atoms with Crippen LogP contribution in [0.3, 0.4) is 0 Å². The molecule has 2 aromatic carbocycles. The molecule has 0 aromatic heterocycles. The lowest BCUT2D eigenvalue weighted by Gasteiger charge is -2.23. The average molecular weight is 397 g/mol. The van der Waals surface area contributed by atoms with Gasteiger partial charge in [0.15, 0.2) is 0 Å². The fourth-order valence-corrected chi connectivity index (χ4v) is 6.44. The van der Waals surface area contributed by atoms with Crippen molar-refractivity contribution in [2.24, 2.45) is 0 Å². The van der Waals surface area contributed by atoms with E-state index in [0.29, 0.717) is 29.4 Å². The van der Waals surface area contributed by atoms with Crippen molar-refractivity contribution in [3.05, 3.63) is 59.7 Å². The van der Waals surface area contributed by atoms with Crippen molar-refractivity contribution in [1.29, 1.82) is 0 Å². The van der Waals surface area contributed by atoms with Gasteiger partial charge in [0.05, 0.1) is 10.6 Å². The third kappa shape index (κ3) is 3.35. The highest BCUT2D eigenvalue weighted by Gasteiger charge is 2.40. The molecule has 4 nitrogen and oxygen atoms in total. The number of nitrogens with one attached hydrogen (secondary N) is 1. The molecule has 2 fully saturated rings. The lowest BCUT2D eigenvalue weighted by molar-refractivity contribution is 0.369. The molecule has 1 aliphatic heterocycles. The van der Waals surface area contributed by atoms with Crippen molar-refractivity contribution in [1.82, 2.24) is 5.32 Å². The molecule has 2 aromatic rings. The largest absolute Gasteiger partial charge is 0.311 e. The number of sulfonamides is 1. The summed E-state index contributed by atoms with van der Waals surface area (Å²) in [6, 6.07) is 16.5. The molecule has 148 valence electrons. The van der Waals surface area contributed by atoms with Crippen molar-refractivity contribution in [3.8, 4) is 0 Å². The predicted octanol–water partition coefficient (Wildman–Crippen LogP) is 4.22. The molecule has 5 heteroatoms. The summed E-state index contributed by atoms with van der Waals surface area (Å²) < 4.78 is 27.6. The number of rotatable bonds is 5. The van der Waals surface area contributed by atoms with Gasteiger partial charge in [-0.3, -0.25) is 4.31 Å². The summed E-state index contributed by atoms with van der Waals surface area (Å²) in [5, 5.41) is 3.86. The normalized spacial score (nSPS) is 24.9. The number of fused-ring (bicyclic) bond motifs is 1. The van der Waals surface area contributed by atoms with Crippen LogP contribution >= 0.6 is 0 Å². The molecule has 2 atom stereocenters.